The Morgan fingerprint density at radius 1 is 1.22 bits per heavy atom. The summed E-state index contributed by atoms with van der Waals surface area (Å²) >= 11 is 2.91. The van der Waals surface area contributed by atoms with Crippen LogP contribution in [0.2, 0.25) is 0 Å². The highest BCUT2D eigenvalue weighted by Crippen LogP contribution is 2.28. The molecule has 0 saturated carbocycles. The summed E-state index contributed by atoms with van der Waals surface area (Å²) in [6, 6.07) is 8.91. The van der Waals surface area contributed by atoms with Crippen LogP contribution in [0.5, 0.6) is 0 Å². The normalized spacial score (nSPS) is 10.7. The van der Waals surface area contributed by atoms with Crippen molar-refractivity contribution >= 4 is 50.7 Å². The first-order valence-electron chi connectivity index (χ1n) is 6.86. The fourth-order valence-corrected chi connectivity index (χ4v) is 3.83. The van der Waals surface area contributed by atoms with E-state index < -0.39 is 0 Å². The van der Waals surface area contributed by atoms with Crippen LogP contribution in [0.15, 0.2) is 47.1 Å². The fraction of sp³-hybridized carbons (Fsp3) is 0.125. The van der Waals surface area contributed by atoms with Gasteiger partial charge in [0.1, 0.15) is 11.4 Å². The topological polar surface area (TPSA) is 72.0 Å². The molecule has 1 N–H and O–H groups in total. The second-order valence-corrected chi connectivity index (χ2v) is 6.63. The van der Waals surface area contributed by atoms with E-state index in [4.69, 9.17) is 0 Å². The maximum Gasteiger partial charge on any atom is 0.234 e. The molecular weight excluding hydrogens is 330 g/mol. The molecule has 3 rings (SSSR count). The van der Waals surface area contributed by atoms with Crippen LogP contribution in [0.3, 0.4) is 0 Å². The van der Waals surface area contributed by atoms with Crippen LogP contribution in [0.4, 0.5) is 5.69 Å². The molecule has 0 atom stereocenters. The highest BCUT2D eigenvalue weighted by atomic mass is 32.2. The highest BCUT2D eigenvalue weighted by molar-refractivity contribution is 8.00. The lowest BCUT2D eigenvalue weighted by molar-refractivity contribution is -0.113. The van der Waals surface area contributed by atoms with Gasteiger partial charge >= 0.3 is 0 Å². The number of nitrogens with one attached hydrogen (secondary N) is 1. The Hall–Kier alpha value is -2.25. The first kappa shape index (κ1) is 15.6. The minimum absolute atomic E-state index is 0.0790. The number of rotatable bonds is 5. The summed E-state index contributed by atoms with van der Waals surface area (Å²) in [6.45, 7) is 1.48. The second-order valence-electron chi connectivity index (χ2n) is 4.75. The zero-order chi connectivity index (χ0) is 16.2. The largest absolute Gasteiger partial charge is 0.325 e. The van der Waals surface area contributed by atoms with E-state index in [0.717, 1.165) is 15.2 Å². The number of Topliss-reactive ketones (excluding diaryl/α,β-unsaturated/α-hetero) is 1. The summed E-state index contributed by atoms with van der Waals surface area (Å²) in [5.41, 5.74) is 1.93. The predicted octanol–water partition coefficient (Wildman–Crippen LogP) is 3.62. The third-order valence-corrected chi connectivity index (χ3v) is 5.16. The number of hydrogen-bond acceptors (Lipinski definition) is 6. The van der Waals surface area contributed by atoms with Gasteiger partial charge in [-0.1, -0.05) is 23.9 Å². The summed E-state index contributed by atoms with van der Waals surface area (Å²) in [6.07, 6.45) is 1.50. The molecule has 1 aromatic carbocycles. The Bertz CT molecular complexity index is 876. The van der Waals surface area contributed by atoms with E-state index in [1.807, 2.05) is 11.4 Å². The third-order valence-electron chi connectivity index (χ3n) is 3.13. The molecule has 0 bridgehead atoms. The van der Waals surface area contributed by atoms with Gasteiger partial charge in [-0.15, -0.1) is 11.3 Å². The Balaban J connectivity index is 1.69. The SMILES string of the molecule is CC(=O)c1ccccc1NC(=O)CSc1ncnc2ccsc12. The number of carbonyl (C=O) groups is 2. The molecule has 0 aliphatic carbocycles. The lowest BCUT2D eigenvalue weighted by Crippen LogP contribution is -2.16. The van der Waals surface area contributed by atoms with E-state index >= 15 is 0 Å². The molecule has 116 valence electrons. The van der Waals surface area contributed by atoms with Gasteiger partial charge in [0.15, 0.2) is 5.78 Å². The van der Waals surface area contributed by atoms with Crippen molar-refractivity contribution in [3.63, 3.8) is 0 Å². The van der Waals surface area contributed by atoms with Gasteiger partial charge in [0.2, 0.25) is 5.91 Å². The molecule has 1 amide bonds. The Morgan fingerprint density at radius 2 is 2.04 bits per heavy atom. The van der Waals surface area contributed by atoms with Crippen molar-refractivity contribution in [2.45, 2.75) is 11.9 Å². The van der Waals surface area contributed by atoms with Crippen molar-refractivity contribution in [3.05, 3.63) is 47.6 Å². The van der Waals surface area contributed by atoms with Crippen molar-refractivity contribution in [3.8, 4) is 0 Å². The van der Waals surface area contributed by atoms with Crippen LogP contribution in [-0.2, 0) is 4.79 Å². The zero-order valence-corrected chi connectivity index (χ0v) is 13.9. The van der Waals surface area contributed by atoms with Gasteiger partial charge in [0, 0.05) is 5.56 Å². The van der Waals surface area contributed by atoms with E-state index in [2.05, 4.69) is 15.3 Å². The number of aromatic nitrogens is 2. The molecule has 2 heterocycles. The molecule has 0 fully saturated rings. The van der Waals surface area contributed by atoms with Crippen LogP contribution in [-0.4, -0.2) is 27.4 Å². The second kappa shape index (κ2) is 6.89. The summed E-state index contributed by atoms with van der Waals surface area (Å²) in [5.74, 6) is -0.0346. The molecular formula is C16H13N3O2S2. The van der Waals surface area contributed by atoms with Gasteiger partial charge in [-0.3, -0.25) is 9.59 Å². The summed E-state index contributed by atoms with van der Waals surface area (Å²) in [4.78, 5) is 32.1. The monoisotopic (exact) mass is 343 g/mol. The lowest BCUT2D eigenvalue weighted by atomic mass is 10.1. The average molecular weight is 343 g/mol. The van der Waals surface area contributed by atoms with Crippen LogP contribution >= 0.6 is 23.1 Å². The molecule has 0 spiro atoms. The number of nitrogens with zero attached hydrogens (tertiary/aromatic N) is 2. The van der Waals surface area contributed by atoms with Crippen LogP contribution < -0.4 is 5.32 Å². The van der Waals surface area contributed by atoms with Crippen LogP contribution in [0.1, 0.15) is 17.3 Å². The van der Waals surface area contributed by atoms with Gasteiger partial charge in [-0.2, -0.15) is 0 Å². The number of thiophene rings is 1. The molecule has 3 aromatic rings. The van der Waals surface area contributed by atoms with Crippen molar-refractivity contribution in [1.82, 2.24) is 9.97 Å². The number of ketones is 1. The number of fused-ring (bicyclic) bond motifs is 1. The van der Waals surface area contributed by atoms with Gasteiger partial charge < -0.3 is 5.32 Å². The Morgan fingerprint density at radius 3 is 2.87 bits per heavy atom. The molecule has 0 unspecified atom stereocenters. The minimum Gasteiger partial charge on any atom is -0.325 e. The lowest BCUT2D eigenvalue weighted by Gasteiger charge is -2.08. The standard InChI is InChI=1S/C16H13N3O2S2/c1-10(20)11-4-2-3-5-12(11)19-14(21)8-23-16-15-13(6-7-22-15)17-9-18-16/h2-7,9H,8H2,1H3,(H,19,21). The molecule has 0 aliphatic heterocycles. The molecule has 23 heavy (non-hydrogen) atoms. The first-order chi connectivity index (χ1) is 11.1. The van der Waals surface area contributed by atoms with Gasteiger partial charge in [0.05, 0.1) is 21.7 Å². The van der Waals surface area contributed by atoms with E-state index in [9.17, 15) is 9.59 Å². The van der Waals surface area contributed by atoms with Gasteiger partial charge in [-0.25, -0.2) is 9.97 Å². The van der Waals surface area contributed by atoms with Crippen molar-refractivity contribution in [2.75, 3.05) is 11.1 Å². The molecule has 0 aliphatic rings. The highest BCUT2D eigenvalue weighted by Gasteiger charge is 2.12. The summed E-state index contributed by atoms with van der Waals surface area (Å²) in [7, 11) is 0. The number of para-hydroxylation sites is 1. The molecule has 0 saturated heterocycles. The van der Waals surface area contributed by atoms with Crippen molar-refractivity contribution < 1.29 is 9.59 Å². The molecule has 7 heteroatoms. The van der Waals surface area contributed by atoms with Crippen molar-refractivity contribution in [2.24, 2.45) is 0 Å². The first-order valence-corrected chi connectivity index (χ1v) is 8.72. The predicted molar refractivity (Wildman–Crippen MR) is 93.2 cm³/mol. The summed E-state index contributed by atoms with van der Waals surface area (Å²) in [5, 5.41) is 5.53. The number of anilines is 1. The number of benzene rings is 1. The summed E-state index contributed by atoms with van der Waals surface area (Å²) < 4.78 is 0.981. The van der Waals surface area contributed by atoms with Crippen LogP contribution in [0.25, 0.3) is 10.2 Å². The maximum absolute atomic E-state index is 12.2. The zero-order valence-electron chi connectivity index (χ0n) is 12.3. The van der Waals surface area contributed by atoms with Crippen molar-refractivity contribution in [1.29, 1.82) is 0 Å². The number of thioether (sulfide) groups is 1. The van der Waals surface area contributed by atoms with Gasteiger partial charge in [0.25, 0.3) is 0 Å². The van der Waals surface area contributed by atoms with Crippen LogP contribution in [0, 0.1) is 0 Å². The van der Waals surface area contributed by atoms with Gasteiger partial charge in [-0.05, 0) is 30.5 Å². The number of amides is 1. The fourth-order valence-electron chi connectivity index (χ4n) is 2.09. The van der Waals surface area contributed by atoms with E-state index in [1.165, 1.54) is 25.0 Å². The third kappa shape index (κ3) is 3.57. The Kier molecular flexibility index (Phi) is 4.68. The quantitative estimate of drug-likeness (QED) is 0.435. The van der Waals surface area contributed by atoms with E-state index in [1.54, 1.807) is 35.6 Å². The average Bonchev–Trinajstić information content (AvgIpc) is 3.02. The van der Waals surface area contributed by atoms with E-state index in [0.29, 0.717) is 11.3 Å². The number of hydrogen-bond donors (Lipinski definition) is 1. The minimum atomic E-state index is -0.174. The number of carbonyl (C=O) groups excluding carboxylic acids is 2. The smallest absolute Gasteiger partial charge is 0.234 e. The molecule has 5 nitrogen and oxygen atoms in total. The van der Waals surface area contributed by atoms with E-state index in [-0.39, 0.29) is 17.4 Å². The molecule has 2 aromatic heterocycles. The Labute approximate surface area is 141 Å². The molecule has 0 radical (unpaired) electrons. The maximum atomic E-state index is 12.2.